The lowest BCUT2D eigenvalue weighted by atomic mass is 10.0. The second-order valence-corrected chi connectivity index (χ2v) is 12.4. The predicted octanol–water partition coefficient (Wildman–Crippen LogP) is 13.3. The number of carboxylic acid groups (broad SMARTS) is 1. The Bertz CT molecular complexity index is 545. The van der Waals surface area contributed by atoms with Crippen molar-refractivity contribution in [3.8, 4) is 0 Å². The Labute approximate surface area is 263 Å². The monoisotopic (exact) mass is 595 g/mol. The molecule has 0 atom stereocenters. The molecule has 0 saturated carbocycles. The third kappa shape index (κ3) is 43.1. The van der Waals surface area contributed by atoms with Gasteiger partial charge in [0.05, 0.1) is 6.26 Å². The number of aliphatic carboxylic acids is 1. The first kappa shape index (κ1) is 42.8. The van der Waals surface area contributed by atoms with Gasteiger partial charge in [0.15, 0.2) is 0 Å². The summed E-state index contributed by atoms with van der Waals surface area (Å²) in [5.74, 6) is -0.801. The van der Waals surface area contributed by atoms with Gasteiger partial charge in [0.2, 0.25) is 0 Å². The zero-order valence-electron chi connectivity index (χ0n) is 28.6. The maximum Gasteiger partial charge on any atom is 0.310 e. The first-order chi connectivity index (χ1) is 20.6. The highest BCUT2D eigenvalue weighted by Crippen LogP contribution is 2.15. The summed E-state index contributed by atoms with van der Waals surface area (Å²) in [6.45, 7) is 7.92. The quantitative estimate of drug-likeness (QED) is 0.0466. The Morgan fingerprint density at radius 1 is 0.452 bits per heavy atom. The minimum atomic E-state index is -0.653. The zero-order valence-corrected chi connectivity index (χ0v) is 28.6. The summed E-state index contributed by atoms with van der Waals surface area (Å²) in [6, 6.07) is 0. The average Bonchev–Trinajstić information content (AvgIpc) is 2.97. The van der Waals surface area contributed by atoms with Gasteiger partial charge in [0, 0.05) is 12.8 Å². The molecular weight excluding hydrogens is 520 g/mol. The van der Waals surface area contributed by atoms with Gasteiger partial charge in [-0.3, -0.25) is 9.59 Å². The Hall–Kier alpha value is -1.32. The van der Waals surface area contributed by atoms with Crippen LogP contribution < -0.4 is 0 Å². The lowest BCUT2D eigenvalue weighted by Gasteiger charge is -2.03. The molecule has 0 spiro atoms. The van der Waals surface area contributed by atoms with E-state index < -0.39 is 5.97 Å². The van der Waals surface area contributed by atoms with E-state index in [1.165, 1.54) is 173 Å². The van der Waals surface area contributed by atoms with Crippen LogP contribution in [0.5, 0.6) is 0 Å². The Kier molecular flexibility index (Phi) is 40.4. The standard InChI is InChI=1S/C20H38O2.C18H36O2/c1-3-5-6-7-8-9-10-11-12-13-14-15-16-17-18-19-20(21)22-4-2;1-2-3-4-5-6-7-8-9-10-11-12-13-14-15-16-17-18(19)20/h4H,2-3,5-19H2,1H3;2-17H2,1H3,(H,19,20). The molecule has 1 N–H and O–H groups in total. The molecule has 0 heterocycles. The number of carboxylic acids is 1. The van der Waals surface area contributed by atoms with Crippen molar-refractivity contribution in [1.29, 1.82) is 0 Å². The van der Waals surface area contributed by atoms with E-state index in [1.54, 1.807) is 0 Å². The van der Waals surface area contributed by atoms with Gasteiger partial charge in [-0.2, -0.15) is 0 Å². The molecule has 0 saturated heterocycles. The van der Waals surface area contributed by atoms with Crippen molar-refractivity contribution < 1.29 is 19.4 Å². The third-order valence-electron chi connectivity index (χ3n) is 8.19. The van der Waals surface area contributed by atoms with Crippen LogP contribution in [0.15, 0.2) is 12.8 Å². The number of hydrogen-bond acceptors (Lipinski definition) is 3. The van der Waals surface area contributed by atoms with Gasteiger partial charge < -0.3 is 9.84 Å². The summed E-state index contributed by atoms with van der Waals surface area (Å²) >= 11 is 0. The minimum absolute atomic E-state index is 0.148. The molecule has 0 fully saturated rings. The van der Waals surface area contributed by atoms with E-state index in [-0.39, 0.29) is 5.97 Å². The van der Waals surface area contributed by atoms with E-state index in [2.05, 4.69) is 25.2 Å². The van der Waals surface area contributed by atoms with Gasteiger partial charge in [-0.15, -0.1) is 0 Å². The van der Waals surface area contributed by atoms with Crippen LogP contribution in [0.3, 0.4) is 0 Å². The number of unbranched alkanes of at least 4 members (excludes halogenated alkanes) is 28. The van der Waals surface area contributed by atoms with Gasteiger partial charge in [-0.25, -0.2) is 0 Å². The van der Waals surface area contributed by atoms with Crippen molar-refractivity contribution in [2.24, 2.45) is 0 Å². The topological polar surface area (TPSA) is 63.6 Å². The van der Waals surface area contributed by atoms with Gasteiger partial charge in [0.25, 0.3) is 0 Å². The second kappa shape index (κ2) is 39.7. The van der Waals surface area contributed by atoms with Crippen LogP contribution in [0.25, 0.3) is 0 Å². The van der Waals surface area contributed by atoms with Crippen LogP contribution in [0.1, 0.15) is 219 Å². The number of hydrogen-bond donors (Lipinski definition) is 1. The van der Waals surface area contributed by atoms with Gasteiger partial charge in [-0.05, 0) is 12.8 Å². The Balaban J connectivity index is 0. The molecule has 0 rings (SSSR count). The van der Waals surface area contributed by atoms with E-state index in [9.17, 15) is 9.59 Å². The lowest BCUT2D eigenvalue weighted by molar-refractivity contribution is -0.138. The summed E-state index contributed by atoms with van der Waals surface area (Å²) < 4.78 is 4.69. The van der Waals surface area contributed by atoms with E-state index in [4.69, 9.17) is 5.11 Å². The van der Waals surface area contributed by atoms with Crippen molar-refractivity contribution in [2.75, 3.05) is 0 Å². The van der Waals surface area contributed by atoms with Crippen molar-refractivity contribution in [1.82, 2.24) is 0 Å². The number of esters is 1. The highest BCUT2D eigenvalue weighted by molar-refractivity contribution is 5.69. The second-order valence-electron chi connectivity index (χ2n) is 12.4. The SMILES string of the molecule is C=COC(=O)CCCCCCCCCCCCCCCCC.CCCCCCCCCCCCCCCCCC(=O)O. The number of carbonyl (C=O) groups excluding carboxylic acids is 1. The van der Waals surface area contributed by atoms with Crippen LogP contribution in [-0.2, 0) is 14.3 Å². The van der Waals surface area contributed by atoms with Crippen molar-refractivity contribution in [2.45, 2.75) is 219 Å². The lowest BCUT2D eigenvalue weighted by Crippen LogP contribution is -1.98. The molecule has 42 heavy (non-hydrogen) atoms. The maximum atomic E-state index is 11.1. The highest BCUT2D eigenvalue weighted by Gasteiger charge is 2.00. The summed E-state index contributed by atoms with van der Waals surface area (Å²) in [5, 5.41) is 8.52. The number of rotatable bonds is 33. The smallest absolute Gasteiger partial charge is 0.310 e. The molecule has 0 bridgehead atoms. The number of ether oxygens (including phenoxy) is 1. The van der Waals surface area contributed by atoms with E-state index in [0.29, 0.717) is 12.8 Å². The predicted molar refractivity (Wildman–Crippen MR) is 183 cm³/mol. The van der Waals surface area contributed by atoms with Crippen LogP contribution in [-0.4, -0.2) is 17.0 Å². The summed E-state index contributed by atoms with van der Waals surface area (Å²) in [7, 11) is 0. The first-order valence-corrected chi connectivity index (χ1v) is 18.6. The molecule has 4 heteroatoms. The van der Waals surface area contributed by atoms with Gasteiger partial charge >= 0.3 is 11.9 Å². The van der Waals surface area contributed by atoms with Crippen LogP contribution >= 0.6 is 0 Å². The zero-order chi connectivity index (χ0) is 31.2. The fourth-order valence-electron chi connectivity index (χ4n) is 5.44. The normalized spacial score (nSPS) is 10.7. The molecule has 0 aliphatic carbocycles. The molecule has 0 radical (unpaired) electrons. The molecule has 0 amide bonds. The summed E-state index contributed by atoms with van der Waals surface area (Å²) in [5.41, 5.74) is 0. The molecule has 0 unspecified atom stereocenters. The van der Waals surface area contributed by atoms with E-state index >= 15 is 0 Å². The van der Waals surface area contributed by atoms with Crippen LogP contribution in [0, 0.1) is 0 Å². The minimum Gasteiger partial charge on any atom is -0.481 e. The van der Waals surface area contributed by atoms with Gasteiger partial charge in [0.1, 0.15) is 0 Å². The van der Waals surface area contributed by atoms with Crippen molar-refractivity contribution in [3.63, 3.8) is 0 Å². The molecule has 0 aromatic rings. The van der Waals surface area contributed by atoms with E-state index in [1.807, 2.05) is 0 Å². The molecular formula is C38H74O4. The first-order valence-electron chi connectivity index (χ1n) is 18.6. The largest absolute Gasteiger partial charge is 0.481 e. The van der Waals surface area contributed by atoms with Gasteiger partial charge in [-0.1, -0.05) is 200 Å². The maximum absolute atomic E-state index is 11.1. The van der Waals surface area contributed by atoms with Crippen LogP contribution in [0.2, 0.25) is 0 Å². The molecule has 250 valence electrons. The molecule has 0 aromatic carbocycles. The van der Waals surface area contributed by atoms with Crippen molar-refractivity contribution >= 4 is 11.9 Å². The Morgan fingerprint density at radius 3 is 0.929 bits per heavy atom. The molecule has 0 aliphatic heterocycles. The Morgan fingerprint density at radius 2 is 0.690 bits per heavy atom. The fraction of sp³-hybridized carbons (Fsp3) is 0.895. The number of carbonyl (C=O) groups is 2. The third-order valence-corrected chi connectivity index (χ3v) is 8.19. The summed E-state index contributed by atoms with van der Waals surface area (Å²) in [6.07, 6.45) is 42.1. The molecule has 0 aromatic heterocycles. The van der Waals surface area contributed by atoms with E-state index in [0.717, 1.165) is 25.7 Å². The molecule has 4 nitrogen and oxygen atoms in total. The average molecular weight is 595 g/mol. The highest BCUT2D eigenvalue weighted by atomic mass is 16.5. The molecule has 0 aliphatic rings. The van der Waals surface area contributed by atoms with Crippen molar-refractivity contribution in [3.05, 3.63) is 12.8 Å². The summed E-state index contributed by atoms with van der Waals surface area (Å²) in [4.78, 5) is 21.4. The fourth-order valence-corrected chi connectivity index (χ4v) is 5.44. The van der Waals surface area contributed by atoms with Crippen LogP contribution in [0.4, 0.5) is 0 Å².